The minimum Gasteiger partial charge on any atom is -0.483 e. The van der Waals surface area contributed by atoms with E-state index in [-0.39, 0.29) is 18.6 Å². The first kappa shape index (κ1) is 13.5. The van der Waals surface area contributed by atoms with Crippen molar-refractivity contribution in [2.24, 2.45) is 5.73 Å². The van der Waals surface area contributed by atoms with Gasteiger partial charge in [-0.15, -0.1) is 0 Å². The average molecular weight is 236 g/mol. The molecule has 4 heteroatoms. The second-order valence-electron chi connectivity index (χ2n) is 4.41. The minimum atomic E-state index is -0.111. The number of hydrogen-bond donors (Lipinski definition) is 1. The van der Waals surface area contributed by atoms with Crippen LogP contribution in [0, 0.1) is 6.92 Å². The Hall–Kier alpha value is -1.55. The predicted octanol–water partition coefficient (Wildman–Crippen LogP) is 1.48. The Labute approximate surface area is 102 Å². The van der Waals surface area contributed by atoms with Crippen LogP contribution in [0.15, 0.2) is 18.2 Å². The molecular formula is C13H20N2O2. The molecule has 0 fully saturated rings. The van der Waals surface area contributed by atoms with E-state index in [1.807, 2.05) is 32.0 Å². The van der Waals surface area contributed by atoms with Crippen LogP contribution >= 0.6 is 0 Å². The third kappa shape index (κ3) is 3.75. The molecule has 0 bridgehead atoms. The summed E-state index contributed by atoms with van der Waals surface area (Å²) in [6.07, 6.45) is 0. The number of benzene rings is 1. The Kier molecular flexibility index (Phi) is 4.52. The molecule has 0 aliphatic rings. The maximum absolute atomic E-state index is 11.5. The van der Waals surface area contributed by atoms with E-state index >= 15 is 0 Å². The normalized spacial score (nSPS) is 12.1. The van der Waals surface area contributed by atoms with E-state index in [1.54, 1.807) is 14.1 Å². The van der Waals surface area contributed by atoms with Gasteiger partial charge in [0.05, 0.1) is 0 Å². The number of carbonyl (C=O) groups is 1. The molecule has 0 aliphatic heterocycles. The maximum atomic E-state index is 11.5. The van der Waals surface area contributed by atoms with Crippen LogP contribution in [0.1, 0.15) is 24.1 Å². The SMILES string of the molecule is Cc1ccc([C@H](C)N)c(OCC(=O)N(C)C)c1. The van der Waals surface area contributed by atoms with Crippen LogP contribution in [-0.2, 0) is 4.79 Å². The monoisotopic (exact) mass is 236 g/mol. The van der Waals surface area contributed by atoms with Gasteiger partial charge in [0.2, 0.25) is 0 Å². The summed E-state index contributed by atoms with van der Waals surface area (Å²) in [5.41, 5.74) is 7.86. The Morgan fingerprint density at radius 2 is 2.12 bits per heavy atom. The van der Waals surface area contributed by atoms with Crippen molar-refractivity contribution in [3.05, 3.63) is 29.3 Å². The highest BCUT2D eigenvalue weighted by Gasteiger charge is 2.11. The van der Waals surface area contributed by atoms with E-state index in [0.717, 1.165) is 11.1 Å². The first-order valence-corrected chi connectivity index (χ1v) is 5.61. The van der Waals surface area contributed by atoms with Gasteiger partial charge < -0.3 is 15.4 Å². The summed E-state index contributed by atoms with van der Waals surface area (Å²) in [7, 11) is 3.41. The van der Waals surface area contributed by atoms with E-state index in [2.05, 4.69) is 0 Å². The first-order chi connectivity index (χ1) is 7.91. The van der Waals surface area contributed by atoms with Crippen molar-refractivity contribution < 1.29 is 9.53 Å². The summed E-state index contributed by atoms with van der Waals surface area (Å²) < 4.78 is 5.53. The van der Waals surface area contributed by atoms with Gasteiger partial charge in [0.25, 0.3) is 5.91 Å². The predicted molar refractivity (Wildman–Crippen MR) is 68.0 cm³/mol. The van der Waals surface area contributed by atoms with Crippen LogP contribution in [0.5, 0.6) is 5.75 Å². The summed E-state index contributed by atoms with van der Waals surface area (Å²) in [6, 6.07) is 5.72. The lowest BCUT2D eigenvalue weighted by molar-refractivity contribution is -0.130. The highest BCUT2D eigenvalue weighted by atomic mass is 16.5. The summed E-state index contributed by atoms with van der Waals surface area (Å²) >= 11 is 0. The van der Waals surface area contributed by atoms with Gasteiger partial charge in [0.15, 0.2) is 6.61 Å². The van der Waals surface area contributed by atoms with Crippen LogP contribution in [0.4, 0.5) is 0 Å². The molecule has 1 aromatic rings. The number of likely N-dealkylation sites (N-methyl/N-ethyl adjacent to an activating group) is 1. The molecule has 0 aliphatic carbocycles. The Morgan fingerprint density at radius 3 is 2.65 bits per heavy atom. The average Bonchev–Trinajstić information content (AvgIpc) is 2.25. The van der Waals surface area contributed by atoms with Crippen molar-refractivity contribution >= 4 is 5.91 Å². The van der Waals surface area contributed by atoms with Gasteiger partial charge in [-0.1, -0.05) is 12.1 Å². The second-order valence-corrected chi connectivity index (χ2v) is 4.41. The molecule has 4 nitrogen and oxygen atoms in total. The fourth-order valence-electron chi connectivity index (χ4n) is 1.41. The zero-order valence-electron chi connectivity index (χ0n) is 10.9. The number of amides is 1. The molecule has 0 aromatic heterocycles. The van der Waals surface area contributed by atoms with E-state index in [0.29, 0.717) is 5.75 Å². The van der Waals surface area contributed by atoms with Gasteiger partial charge in [-0.25, -0.2) is 0 Å². The van der Waals surface area contributed by atoms with E-state index in [9.17, 15) is 4.79 Å². The van der Waals surface area contributed by atoms with Crippen LogP contribution in [0.3, 0.4) is 0 Å². The fourth-order valence-corrected chi connectivity index (χ4v) is 1.41. The van der Waals surface area contributed by atoms with Crippen molar-refractivity contribution in [3.8, 4) is 5.75 Å². The largest absolute Gasteiger partial charge is 0.483 e. The highest BCUT2D eigenvalue weighted by molar-refractivity contribution is 5.77. The van der Waals surface area contributed by atoms with Gasteiger partial charge >= 0.3 is 0 Å². The Bertz CT molecular complexity index is 400. The molecule has 1 rings (SSSR count). The number of rotatable bonds is 4. The van der Waals surface area contributed by atoms with Crippen molar-refractivity contribution in [2.45, 2.75) is 19.9 Å². The molecule has 0 saturated carbocycles. The molecule has 0 heterocycles. The van der Waals surface area contributed by atoms with Gasteiger partial charge in [0.1, 0.15) is 5.75 Å². The summed E-state index contributed by atoms with van der Waals surface area (Å²) in [5.74, 6) is 0.623. The quantitative estimate of drug-likeness (QED) is 0.861. The molecule has 2 N–H and O–H groups in total. The third-order valence-corrected chi connectivity index (χ3v) is 2.51. The molecule has 94 valence electrons. The number of hydrogen-bond acceptors (Lipinski definition) is 3. The van der Waals surface area contributed by atoms with Crippen molar-refractivity contribution in [1.82, 2.24) is 4.90 Å². The third-order valence-electron chi connectivity index (χ3n) is 2.51. The molecule has 1 aromatic carbocycles. The zero-order chi connectivity index (χ0) is 13.0. The number of nitrogens with two attached hydrogens (primary N) is 1. The van der Waals surface area contributed by atoms with Gasteiger partial charge in [-0.05, 0) is 25.5 Å². The van der Waals surface area contributed by atoms with E-state index in [1.165, 1.54) is 4.90 Å². The molecular weight excluding hydrogens is 216 g/mol. The first-order valence-electron chi connectivity index (χ1n) is 5.61. The lowest BCUT2D eigenvalue weighted by atomic mass is 10.1. The molecule has 0 radical (unpaired) electrons. The lowest BCUT2D eigenvalue weighted by Gasteiger charge is -2.16. The summed E-state index contributed by atoms with van der Waals surface area (Å²) in [5, 5.41) is 0. The second kappa shape index (κ2) is 5.68. The fraction of sp³-hybridized carbons (Fsp3) is 0.462. The van der Waals surface area contributed by atoms with Gasteiger partial charge in [0, 0.05) is 25.7 Å². The molecule has 17 heavy (non-hydrogen) atoms. The summed E-state index contributed by atoms with van der Waals surface area (Å²) in [6.45, 7) is 3.91. The summed E-state index contributed by atoms with van der Waals surface area (Å²) in [4.78, 5) is 13.0. The lowest BCUT2D eigenvalue weighted by Crippen LogP contribution is -2.27. The molecule has 0 spiro atoms. The molecule has 0 saturated heterocycles. The minimum absolute atomic E-state index is 0.0379. The standard InChI is InChI=1S/C13H20N2O2/c1-9-5-6-11(10(2)14)12(7-9)17-8-13(16)15(3)4/h5-7,10H,8,14H2,1-4H3/t10-/m0/s1. The van der Waals surface area contributed by atoms with Crippen molar-refractivity contribution in [2.75, 3.05) is 20.7 Å². The molecule has 1 amide bonds. The van der Waals surface area contributed by atoms with Crippen LogP contribution in [-0.4, -0.2) is 31.5 Å². The maximum Gasteiger partial charge on any atom is 0.259 e. The van der Waals surface area contributed by atoms with Crippen LogP contribution in [0.2, 0.25) is 0 Å². The molecule has 0 unspecified atom stereocenters. The van der Waals surface area contributed by atoms with Crippen molar-refractivity contribution in [1.29, 1.82) is 0 Å². The topological polar surface area (TPSA) is 55.6 Å². The van der Waals surface area contributed by atoms with E-state index < -0.39 is 0 Å². The number of nitrogens with zero attached hydrogens (tertiary/aromatic N) is 1. The van der Waals surface area contributed by atoms with E-state index in [4.69, 9.17) is 10.5 Å². The number of aryl methyl sites for hydroxylation is 1. The van der Waals surface area contributed by atoms with Crippen LogP contribution < -0.4 is 10.5 Å². The Balaban J connectivity index is 2.82. The number of ether oxygens (including phenoxy) is 1. The smallest absolute Gasteiger partial charge is 0.259 e. The van der Waals surface area contributed by atoms with Gasteiger partial charge in [-0.3, -0.25) is 4.79 Å². The van der Waals surface area contributed by atoms with Gasteiger partial charge in [-0.2, -0.15) is 0 Å². The van der Waals surface area contributed by atoms with Crippen LogP contribution in [0.25, 0.3) is 0 Å². The zero-order valence-corrected chi connectivity index (χ0v) is 10.9. The molecule has 1 atom stereocenters. The Morgan fingerprint density at radius 1 is 1.47 bits per heavy atom. The highest BCUT2D eigenvalue weighted by Crippen LogP contribution is 2.25. The van der Waals surface area contributed by atoms with Crippen molar-refractivity contribution in [3.63, 3.8) is 0 Å². The number of carbonyl (C=O) groups excluding carboxylic acids is 1.